The fourth-order valence-electron chi connectivity index (χ4n) is 4.32. The zero-order valence-electron chi connectivity index (χ0n) is 13.9. The molecule has 0 saturated heterocycles. The van der Waals surface area contributed by atoms with E-state index in [0.29, 0.717) is 24.1 Å². The van der Waals surface area contributed by atoms with Crippen molar-refractivity contribution in [2.24, 2.45) is 17.3 Å². The number of nitrogens with one attached hydrogen (secondary N) is 1. The maximum Gasteiger partial charge on any atom is 0.307 e. The van der Waals surface area contributed by atoms with Gasteiger partial charge in [-0.3, -0.25) is 4.79 Å². The number of rotatable bonds is 4. The molecule has 0 bridgehead atoms. The summed E-state index contributed by atoms with van der Waals surface area (Å²) in [7, 11) is 1.80. The fraction of sp³-hybridized carbons (Fsp3) is 0.941. The third-order valence-corrected chi connectivity index (χ3v) is 6.17. The quantitative estimate of drug-likeness (QED) is 0.837. The molecule has 0 aromatic rings. The molecule has 2 rings (SSSR count). The van der Waals surface area contributed by atoms with Crippen molar-refractivity contribution in [2.75, 3.05) is 7.11 Å². The summed E-state index contributed by atoms with van der Waals surface area (Å²) in [5.41, 5.74) is -0.168. The summed E-state index contributed by atoms with van der Waals surface area (Å²) in [5.74, 6) is -0.514. The molecule has 5 unspecified atom stereocenters. The van der Waals surface area contributed by atoms with Gasteiger partial charge in [0.05, 0.1) is 12.0 Å². The molecule has 122 valence electrons. The summed E-state index contributed by atoms with van der Waals surface area (Å²) in [6.45, 7) is 6.43. The van der Waals surface area contributed by atoms with Gasteiger partial charge >= 0.3 is 5.97 Å². The highest BCUT2D eigenvalue weighted by atomic mass is 16.5. The van der Waals surface area contributed by atoms with Crippen LogP contribution in [0.5, 0.6) is 0 Å². The van der Waals surface area contributed by atoms with Crippen LogP contribution in [-0.4, -0.2) is 36.4 Å². The minimum Gasteiger partial charge on any atom is -0.481 e. The van der Waals surface area contributed by atoms with Crippen LogP contribution in [0.2, 0.25) is 0 Å². The molecule has 0 heterocycles. The van der Waals surface area contributed by atoms with Crippen LogP contribution in [-0.2, 0) is 9.53 Å². The third kappa shape index (κ3) is 3.42. The first-order chi connectivity index (χ1) is 9.87. The van der Waals surface area contributed by atoms with Crippen LogP contribution in [0.3, 0.4) is 0 Å². The van der Waals surface area contributed by atoms with E-state index >= 15 is 0 Å². The van der Waals surface area contributed by atoms with Crippen LogP contribution in [0.25, 0.3) is 0 Å². The molecule has 0 aliphatic heterocycles. The number of carboxylic acids is 1. The van der Waals surface area contributed by atoms with Crippen LogP contribution in [0.4, 0.5) is 0 Å². The zero-order chi connectivity index (χ0) is 15.6. The lowest BCUT2D eigenvalue weighted by molar-refractivity contribution is -0.150. The maximum absolute atomic E-state index is 11.5. The Balaban J connectivity index is 2.03. The van der Waals surface area contributed by atoms with E-state index < -0.39 is 5.97 Å². The second kappa shape index (κ2) is 6.66. The van der Waals surface area contributed by atoms with Gasteiger partial charge in [0.15, 0.2) is 0 Å². The Bertz CT molecular complexity index is 369. The molecule has 0 aromatic heterocycles. The first-order valence-electron chi connectivity index (χ1n) is 8.39. The minimum atomic E-state index is -0.641. The fourth-order valence-corrected chi connectivity index (χ4v) is 4.32. The molecular weight excluding hydrogens is 266 g/mol. The van der Waals surface area contributed by atoms with Gasteiger partial charge in [-0.25, -0.2) is 0 Å². The number of methoxy groups -OCH3 is 1. The van der Waals surface area contributed by atoms with E-state index in [9.17, 15) is 9.90 Å². The highest BCUT2D eigenvalue weighted by Gasteiger charge is 2.46. The summed E-state index contributed by atoms with van der Waals surface area (Å²) in [4.78, 5) is 11.5. The van der Waals surface area contributed by atoms with Crippen LogP contribution in [0.15, 0.2) is 0 Å². The van der Waals surface area contributed by atoms with Crippen molar-refractivity contribution in [3.05, 3.63) is 0 Å². The average molecular weight is 297 g/mol. The number of carboxylic acid groups (broad SMARTS) is 1. The van der Waals surface area contributed by atoms with Gasteiger partial charge in [-0.1, -0.05) is 33.6 Å². The first-order valence-corrected chi connectivity index (χ1v) is 8.39. The predicted molar refractivity (Wildman–Crippen MR) is 83.3 cm³/mol. The normalized spacial score (nSPS) is 39.9. The van der Waals surface area contributed by atoms with Crippen molar-refractivity contribution < 1.29 is 14.6 Å². The highest BCUT2D eigenvalue weighted by molar-refractivity contribution is 5.71. The van der Waals surface area contributed by atoms with Gasteiger partial charge in [0.1, 0.15) is 0 Å². The van der Waals surface area contributed by atoms with E-state index in [2.05, 4.69) is 26.1 Å². The monoisotopic (exact) mass is 297 g/mol. The van der Waals surface area contributed by atoms with Gasteiger partial charge in [-0.05, 0) is 37.0 Å². The SMILES string of the molecule is COC1CCCCC1NC1CCC(C(=O)O)C(C)(C)C1C. The van der Waals surface area contributed by atoms with Gasteiger partial charge in [0, 0.05) is 19.2 Å². The Morgan fingerprint density at radius 2 is 1.81 bits per heavy atom. The standard InChI is InChI=1S/C17H31NO3/c1-11-13(10-9-12(16(19)20)17(11,2)3)18-14-7-5-6-8-15(14)21-4/h11-15,18H,5-10H2,1-4H3,(H,19,20). The van der Waals surface area contributed by atoms with Crippen molar-refractivity contribution in [2.45, 2.75) is 77.5 Å². The van der Waals surface area contributed by atoms with Crippen molar-refractivity contribution in [1.82, 2.24) is 5.32 Å². The summed E-state index contributed by atoms with van der Waals surface area (Å²) in [5, 5.41) is 13.2. The van der Waals surface area contributed by atoms with E-state index in [4.69, 9.17) is 4.74 Å². The van der Waals surface area contributed by atoms with Crippen molar-refractivity contribution in [3.8, 4) is 0 Å². The van der Waals surface area contributed by atoms with Gasteiger partial charge in [0.25, 0.3) is 0 Å². The highest BCUT2D eigenvalue weighted by Crippen LogP contribution is 2.45. The second-order valence-electron chi connectivity index (χ2n) is 7.52. The lowest BCUT2D eigenvalue weighted by Gasteiger charge is -2.48. The molecule has 2 aliphatic carbocycles. The Morgan fingerprint density at radius 1 is 1.14 bits per heavy atom. The first kappa shape index (κ1) is 16.8. The van der Waals surface area contributed by atoms with E-state index in [-0.39, 0.29) is 11.3 Å². The van der Waals surface area contributed by atoms with Crippen LogP contribution >= 0.6 is 0 Å². The molecule has 0 aromatic carbocycles. The molecule has 0 amide bonds. The summed E-state index contributed by atoms with van der Waals surface area (Å²) in [6.07, 6.45) is 6.86. The largest absolute Gasteiger partial charge is 0.481 e. The van der Waals surface area contributed by atoms with Gasteiger partial charge in [-0.15, -0.1) is 0 Å². The molecule has 0 radical (unpaired) electrons. The zero-order valence-corrected chi connectivity index (χ0v) is 13.9. The molecule has 2 N–H and O–H groups in total. The van der Waals surface area contributed by atoms with Gasteiger partial charge in [0.2, 0.25) is 0 Å². The molecule has 2 aliphatic rings. The Morgan fingerprint density at radius 3 is 2.43 bits per heavy atom. The number of ether oxygens (including phenoxy) is 1. The van der Waals surface area contributed by atoms with E-state index in [1.54, 1.807) is 7.11 Å². The van der Waals surface area contributed by atoms with E-state index in [1.165, 1.54) is 19.3 Å². The number of carbonyl (C=O) groups is 1. The molecule has 2 saturated carbocycles. The Hall–Kier alpha value is -0.610. The van der Waals surface area contributed by atoms with Crippen molar-refractivity contribution in [1.29, 1.82) is 0 Å². The van der Waals surface area contributed by atoms with Crippen LogP contribution < -0.4 is 5.32 Å². The third-order valence-electron chi connectivity index (χ3n) is 6.17. The Kier molecular flexibility index (Phi) is 5.31. The van der Waals surface area contributed by atoms with Crippen molar-refractivity contribution in [3.63, 3.8) is 0 Å². The molecule has 0 spiro atoms. The topological polar surface area (TPSA) is 58.6 Å². The van der Waals surface area contributed by atoms with Crippen molar-refractivity contribution >= 4 is 5.97 Å². The molecule has 4 nitrogen and oxygen atoms in total. The van der Waals surface area contributed by atoms with E-state index in [0.717, 1.165) is 19.3 Å². The van der Waals surface area contributed by atoms with Crippen LogP contribution in [0, 0.1) is 17.3 Å². The van der Waals surface area contributed by atoms with Crippen LogP contribution in [0.1, 0.15) is 59.3 Å². The minimum absolute atomic E-state index is 0.168. The Labute approximate surface area is 128 Å². The predicted octanol–water partition coefficient (Wildman–Crippen LogP) is 3.06. The lowest BCUT2D eigenvalue weighted by Crippen LogP contribution is -2.56. The van der Waals surface area contributed by atoms with E-state index in [1.807, 2.05) is 0 Å². The molecule has 2 fully saturated rings. The summed E-state index contributed by atoms with van der Waals surface area (Å²) >= 11 is 0. The number of hydrogen-bond donors (Lipinski definition) is 2. The summed E-state index contributed by atoms with van der Waals surface area (Å²) in [6, 6.07) is 0.824. The lowest BCUT2D eigenvalue weighted by atomic mass is 9.61. The maximum atomic E-state index is 11.5. The van der Waals surface area contributed by atoms with Gasteiger partial charge < -0.3 is 15.2 Å². The molecular formula is C17H31NO3. The molecule has 4 heteroatoms. The van der Waals surface area contributed by atoms with Gasteiger partial charge in [-0.2, -0.15) is 0 Å². The summed E-state index contributed by atoms with van der Waals surface area (Å²) < 4.78 is 5.64. The molecule has 21 heavy (non-hydrogen) atoms. The average Bonchev–Trinajstić information content (AvgIpc) is 2.44. The number of hydrogen-bond acceptors (Lipinski definition) is 3. The second-order valence-corrected chi connectivity index (χ2v) is 7.52. The molecule has 5 atom stereocenters. The smallest absolute Gasteiger partial charge is 0.307 e. The number of aliphatic carboxylic acids is 1.